The van der Waals surface area contributed by atoms with Crippen LogP contribution in [0.1, 0.15) is 12.0 Å². The number of benzene rings is 1. The van der Waals surface area contributed by atoms with E-state index in [1.54, 1.807) is 0 Å². The summed E-state index contributed by atoms with van der Waals surface area (Å²) in [6, 6.07) is 9.82. The van der Waals surface area contributed by atoms with Gasteiger partial charge in [0.25, 0.3) is 0 Å². The van der Waals surface area contributed by atoms with Gasteiger partial charge in [-0.15, -0.1) is 0 Å². The van der Waals surface area contributed by atoms with Crippen LogP contribution in [0.2, 0.25) is 0 Å². The van der Waals surface area contributed by atoms with Gasteiger partial charge in [-0.25, -0.2) is 0 Å². The fourth-order valence-electron chi connectivity index (χ4n) is 1.12. The summed E-state index contributed by atoms with van der Waals surface area (Å²) in [5.74, 6) is 0. The molecule has 0 aromatic heterocycles. The molecular formula is C11H11N3S. The van der Waals surface area contributed by atoms with E-state index in [0.717, 1.165) is 24.3 Å². The number of nitrogens with zero attached hydrogens (tertiary/aromatic N) is 2. The van der Waals surface area contributed by atoms with E-state index in [0.29, 0.717) is 6.42 Å². The van der Waals surface area contributed by atoms with Crippen molar-refractivity contribution in [1.29, 1.82) is 5.26 Å². The number of hydrogen-bond donors (Lipinski definition) is 1. The molecule has 0 bridgehead atoms. The molecule has 0 unspecified atom stereocenters. The topological polar surface area (TPSA) is 48.2 Å². The van der Waals surface area contributed by atoms with E-state index >= 15 is 0 Å². The van der Waals surface area contributed by atoms with E-state index < -0.39 is 0 Å². The van der Waals surface area contributed by atoms with E-state index in [1.165, 1.54) is 0 Å². The van der Waals surface area contributed by atoms with Gasteiger partial charge in [0.1, 0.15) is 0 Å². The van der Waals surface area contributed by atoms with Crippen LogP contribution in [0, 0.1) is 11.3 Å². The van der Waals surface area contributed by atoms with Crippen molar-refractivity contribution < 1.29 is 0 Å². The summed E-state index contributed by atoms with van der Waals surface area (Å²) in [6.07, 6.45) is 0.535. The van der Waals surface area contributed by atoms with Crippen LogP contribution in [0.25, 0.3) is 0 Å². The molecule has 4 heteroatoms. The molecule has 1 aromatic rings. The van der Waals surface area contributed by atoms with Crippen LogP contribution in [-0.4, -0.2) is 11.7 Å². The van der Waals surface area contributed by atoms with Crippen molar-refractivity contribution in [3.63, 3.8) is 0 Å². The van der Waals surface area contributed by atoms with Crippen molar-refractivity contribution in [3.8, 4) is 6.07 Å². The van der Waals surface area contributed by atoms with Crippen LogP contribution in [0.15, 0.2) is 29.3 Å². The lowest BCUT2D eigenvalue weighted by molar-refractivity contribution is 0.699. The highest BCUT2D eigenvalue weighted by atomic mass is 32.1. The van der Waals surface area contributed by atoms with Crippen molar-refractivity contribution in [3.05, 3.63) is 29.8 Å². The van der Waals surface area contributed by atoms with Gasteiger partial charge < -0.3 is 5.32 Å². The Labute approximate surface area is 94.5 Å². The number of isothiocyanates is 1. The van der Waals surface area contributed by atoms with Gasteiger partial charge in [0, 0.05) is 19.5 Å². The van der Waals surface area contributed by atoms with Crippen LogP contribution < -0.4 is 5.32 Å². The molecule has 0 saturated carbocycles. The van der Waals surface area contributed by atoms with Crippen molar-refractivity contribution in [2.45, 2.75) is 13.0 Å². The highest BCUT2D eigenvalue weighted by molar-refractivity contribution is 7.78. The van der Waals surface area contributed by atoms with Crippen molar-refractivity contribution in [2.75, 3.05) is 6.54 Å². The second-order valence-corrected chi connectivity index (χ2v) is 3.14. The van der Waals surface area contributed by atoms with E-state index in [-0.39, 0.29) is 0 Å². The summed E-state index contributed by atoms with van der Waals surface area (Å²) in [5.41, 5.74) is 1.97. The SMILES string of the molecule is N#CCCNCc1ccc(N=C=S)cc1. The molecule has 0 aliphatic rings. The van der Waals surface area contributed by atoms with Gasteiger partial charge in [-0.05, 0) is 29.9 Å². The maximum Gasteiger partial charge on any atom is 0.0739 e. The fraction of sp³-hybridized carbons (Fsp3) is 0.273. The molecule has 1 aromatic carbocycles. The first kappa shape index (κ1) is 11.5. The number of thiocarbonyl (C=S) groups is 1. The van der Waals surface area contributed by atoms with Gasteiger partial charge in [0.05, 0.1) is 16.9 Å². The Bertz CT molecular complexity index is 385. The average Bonchev–Trinajstić information content (AvgIpc) is 2.27. The monoisotopic (exact) mass is 217 g/mol. The normalized spacial score (nSPS) is 9.00. The Balaban J connectivity index is 2.43. The first-order valence-corrected chi connectivity index (χ1v) is 5.02. The zero-order chi connectivity index (χ0) is 10.9. The average molecular weight is 217 g/mol. The Kier molecular flexibility index (Phi) is 5.28. The van der Waals surface area contributed by atoms with Crippen LogP contribution in [0.4, 0.5) is 5.69 Å². The maximum atomic E-state index is 8.34. The zero-order valence-corrected chi connectivity index (χ0v) is 9.05. The largest absolute Gasteiger partial charge is 0.312 e. The Morgan fingerprint density at radius 1 is 1.33 bits per heavy atom. The lowest BCUT2D eigenvalue weighted by atomic mass is 10.2. The summed E-state index contributed by atoms with van der Waals surface area (Å²) in [5, 5.41) is 13.8. The Morgan fingerprint density at radius 3 is 2.67 bits per heavy atom. The smallest absolute Gasteiger partial charge is 0.0739 e. The fourth-order valence-corrected chi connectivity index (χ4v) is 1.22. The van der Waals surface area contributed by atoms with Gasteiger partial charge in [0.2, 0.25) is 0 Å². The molecule has 3 nitrogen and oxygen atoms in total. The van der Waals surface area contributed by atoms with Crippen LogP contribution >= 0.6 is 12.2 Å². The van der Waals surface area contributed by atoms with E-state index in [1.807, 2.05) is 24.3 Å². The number of hydrogen-bond acceptors (Lipinski definition) is 4. The number of nitriles is 1. The molecule has 0 amide bonds. The summed E-state index contributed by atoms with van der Waals surface area (Å²) < 4.78 is 0. The molecule has 0 atom stereocenters. The van der Waals surface area contributed by atoms with Crippen LogP contribution in [0.5, 0.6) is 0 Å². The lowest BCUT2D eigenvalue weighted by Crippen LogP contribution is -2.13. The molecular weight excluding hydrogens is 206 g/mol. The molecule has 0 saturated heterocycles. The second kappa shape index (κ2) is 6.86. The molecule has 0 fully saturated rings. The Morgan fingerprint density at radius 2 is 2.07 bits per heavy atom. The molecule has 76 valence electrons. The quantitative estimate of drug-likeness (QED) is 0.468. The van der Waals surface area contributed by atoms with Gasteiger partial charge >= 0.3 is 0 Å². The number of rotatable bonds is 5. The molecule has 0 aliphatic heterocycles. The van der Waals surface area contributed by atoms with Gasteiger partial charge in [0.15, 0.2) is 0 Å². The lowest BCUT2D eigenvalue weighted by Gasteiger charge is -2.02. The highest BCUT2D eigenvalue weighted by Crippen LogP contribution is 2.11. The van der Waals surface area contributed by atoms with Crippen molar-refractivity contribution >= 4 is 23.1 Å². The predicted molar refractivity (Wildman–Crippen MR) is 63.1 cm³/mol. The molecule has 0 radical (unpaired) electrons. The van der Waals surface area contributed by atoms with Crippen molar-refractivity contribution in [1.82, 2.24) is 5.32 Å². The third-order valence-electron chi connectivity index (χ3n) is 1.85. The minimum atomic E-state index is 0.535. The van der Waals surface area contributed by atoms with E-state index in [2.05, 4.69) is 33.8 Å². The third kappa shape index (κ3) is 4.48. The zero-order valence-electron chi connectivity index (χ0n) is 8.23. The van der Waals surface area contributed by atoms with E-state index in [9.17, 15) is 0 Å². The second-order valence-electron chi connectivity index (χ2n) is 2.95. The minimum Gasteiger partial charge on any atom is -0.312 e. The predicted octanol–water partition coefficient (Wildman–Crippen LogP) is 2.42. The maximum absolute atomic E-state index is 8.34. The molecule has 1 rings (SSSR count). The Hall–Kier alpha value is -1.53. The third-order valence-corrected chi connectivity index (χ3v) is 1.95. The van der Waals surface area contributed by atoms with E-state index in [4.69, 9.17) is 5.26 Å². The molecule has 0 heterocycles. The molecule has 15 heavy (non-hydrogen) atoms. The van der Waals surface area contributed by atoms with Crippen molar-refractivity contribution in [2.24, 2.45) is 4.99 Å². The van der Waals surface area contributed by atoms with Crippen LogP contribution in [0.3, 0.4) is 0 Å². The molecule has 1 N–H and O–H groups in total. The van der Waals surface area contributed by atoms with Gasteiger partial charge in [-0.3, -0.25) is 0 Å². The van der Waals surface area contributed by atoms with Gasteiger partial charge in [-0.2, -0.15) is 10.3 Å². The van der Waals surface area contributed by atoms with Gasteiger partial charge in [-0.1, -0.05) is 12.1 Å². The summed E-state index contributed by atoms with van der Waals surface area (Å²) in [4.78, 5) is 3.86. The first-order valence-electron chi connectivity index (χ1n) is 4.61. The molecule has 0 spiro atoms. The number of aliphatic imine (C=N–C) groups is 1. The standard InChI is InChI=1S/C11H11N3S/c12-6-1-7-13-8-10-2-4-11(5-3-10)14-9-15/h2-5,13H,1,7-8H2. The summed E-state index contributed by atoms with van der Waals surface area (Å²) >= 11 is 4.51. The highest BCUT2D eigenvalue weighted by Gasteiger charge is 1.92. The summed E-state index contributed by atoms with van der Waals surface area (Å²) in [6.45, 7) is 1.49. The molecule has 0 aliphatic carbocycles. The van der Waals surface area contributed by atoms with Crippen LogP contribution in [-0.2, 0) is 6.54 Å². The number of nitrogens with one attached hydrogen (secondary N) is 1. The summed E-state index contributed by atoms with van der Waals surface area (Å²) in [7, 11) is 0. The minimum absolute atomic E-state index is 0.535. The first-order chi connectivity index (χ1) is 7.36.